The van der Waals surface area contributed by atoms with E-state index in [-0.39, 0.29) is 31.3 Å². The molecule has 0 saturated heterocycles. The number of nitrogens with zero attached hydrogens (tertiary/aromatic N) is 1. The number of benzene rings is 3. The molecule has 8 heteroatoms. The second-order valence-corrected chi connectivity index (χ2v) is 6.86. The van der Waals surface area contributed by atoms with Gasteiger partial charge in [0.2, 0.25) is 5.91 Å². The quantitative estimate of drug-likeness (QED) is 0.294. The summed E-state index contributed by atoms with van der Waals surface area (Å²) >= 11 is 0. The average molecular weight is 420 g/mol. The zero-order chi connectivity index (χ0) is 22.1. The van der Waals surface area contributed by atoms with Crippen molar-refractivity contribution in [1.29, 1.82) is 0 Å². The summed E-state index contributed by atoms with van der Waals surface area (Å²) in [7, 11) is 0. The molecule has 0 aromatic heterocycles. The number of para-hydroxylation sites is 1. The topological polar surface area (TPSA) is 117 Å². The molecule has 0 saturated carbocycles. The molecule has 3 aromatic carbocycles. The maximum Gasteiger partial charge on any atom is 0.271 e. The van der Waals surface area contributed by atoms with Gasteiger partial charge in [0, 0.05) is 24.4 Å². The number of carbonyl (C=O) groups is 1. The van der Waals surface area contributed by atoms with E-state index in [1.54, 1.807) is 6.07 Å². The molecule has 0 atom stereocenters. The van der Waals surface area contributed by atoms with E-state index in [9.17, 15) is 14.9 Å². The Balaban J connectivity index is 1.68. The molecule has 0 spiro atoms. The third-order valence-electron chi connectivity index (χ3n) is 4.61. The number of hydrogen-bond donors (Lipinski definition) is 4. The molecule has 0 bridgehead atoms. The van der Waals surface area contributed by atoms with Crippen molar-refractivity contribution in [2.45, 2.75) is 6.42 Å². The van der Waals surface area contributed by atoms with E-state index >= 15 is 0 Å². The second-order valence-electron chi connectivity index (χ2n) is 6.86. The van der Waals surface area contributed by atoms with Crippen LogP contribution < -0.4 is 16.0 Å². The Hall–Kier alpha value is -3.91. The number of amides is 1. The normalized spacial score (nSPS) is 10.4. The van der Waals surface area contributed by atoms with E-state index in [1.165, 1.54) is 12.1 Å². The SMILES string of the molecule is O=C(CNc1cc([N+](=O)[O-])ccc1NCCO)Nc1ccccc1Cc1ccccc1. The fourth-order valence-corrected chi connectivity index (χ4v) is 3.12. The van der Waals surface area contributed by atoms with Gasteiger partial charge in [-0.15, -0.1) is 0 Å². The van der Waals surface area contributed by atoms with Gasteiger partial charge in [-0.25, -0.2) is 0 Å². The molecule has 0 aliphatic heterocycles. The number of hydrogen-bond acceptors (Lipinski definition) is 6. The first-order chi connectivity index (χ1) is 15.1. The number of rotatable bonds is 10. The van der Waals surface area contributed by atoms with Gasteiger partial charge in [-0.1, -0.05) is 48.5 Å². The van der Waals surface area contributed by atoms with Crippen LogP contribution in [0.4, 0.5) is 22.7 Å². The Morgan fingerprint density at radius 1 is 0.903 bits per heavy atom. The van der Waals surface area contributed by atoms with Crippen molar-refractivity contribution in [3.8, 4) is 0 Å². The lowest BCUT2D eigenvalue weighted by Crippen LogP contribution is -2.23. The number of aliphatic hydroxyl groups is 1. The first kappa shape index (κ1) is 21.8. The average Bonchev–Trinajstić information content (AvgIpc) is 2.78. The number of nitro benzene ring substituents is 1. The van der Waals surface area contributed by atoms with Crippen molar-refractivity contribution in [3.63, 3.8) is 0 Å². The van der Waals surface area contributed by atoms with E-state index < -0.39 is 4.92 Å². The minimum absolute atomic E-state index is 0.0748. The third kappa shape index (κ3) is 6.28. The molecule has 0 radical (unpaired) electrons. The number of non-ortho nitro benzene ring substituents is 1. The van der Waals surface area contributed by atoms with Gasteiger partial charge in [-0.3, -0.25) is 14.9 Å². The molecule has 4 N–H and O–H groups in total. The molecule has 160 valence electrons. The van der Waals surface area contributed by atoms with Crippen LogP contribution in [0.2, 0.25) is 0 Å². The van der Waals surface area contributed by atoms with E-state index in [0.717, 1.165) is 16.8 Å². The van der Waals surface area contributed by atoms with Crippen LogP contribution in [0.15, 0.2) is 72.8 Å². The molecule has 8 nitrogen and oxygen atoms in total. The Labute approximate surface area is 180 Å². The van der Waals surface area contributed by atoms with Crippen molar-refractivity contribution >= 4 is 28.7 Å². The maximum absolute atomic E-state index is 12.6. The molecule has 0 aliphatic carbocycles. The molecule has 0 unspecified atom stereocenters. The summed E-state index contributed by atoms with van der Waals surface area (Å²) in [6.45, 7) is 0.120. The Morgan fingerprint density at radius 2 is 1.65 bits per heavy atom. The molecular weight excluding hydrogens is 396 g/mol. The number of nitrogens with one attached hydrogen (secondary N) is 3. The van der Waals surface area contributed by atoms with Crippen molar-refractivity contribution in [2.75, 3.05) is 35.6 Å². The summed E-state index contributed by atoms with van der Waals surface area (Å²) in [5, 5.41) is 28.9. The molecule has 31 heavy (non-hydrogen) atoms. The van der Waals surface area contributed by atoms with E-state index in [2.05, 4.69) is 16.0 Å². The number of carbonyl (C=O) groups excluding carboxylic acids is 1. The third-order valence-corrected chi connectivity index (χ3v) is 4.61. The maximum atomic E-state index is 12.6. The Kier molecular flexibility index (Phi) is 7.56. The highest BCUT2D eigenvalue weighted by atomic mass is 16.6. The first-order valence-electron chi connectivity index (χ1n) is 9.85. The van der Waals surface area contributed by atoms with Crippen molar-refractivity contribution in [2.24, 2.45) is 0 Å². The van der Waals surface area contributed by atoms with E-state index in [1.807, 2.05) is 54.6 Å². The monoisotopic (exact) mass is 420 g/mol. The molecule has 0 heterocycles. The minimum Gasteiger partial charge on any atom is -0.395 e. The Bertz CT molecular complexity index is 1040. The van der Waals surface area contributed by atoms with Gasteiger partial charge in [0.05, 0.1) is 29.4 Å². The summed E-state index contributed by atoms with van der Waals surface area (Å²) in [4.78, 5) is 23.2. The highest BCUT2D eigenvalue weighted by Gasteiger charge is 2.13. The number of aliphatic hydroxyl groups excluding tert-OH is 1. The van der Waals surface area contributed by atoms with E-state index in [0.29, 0.717) is 17.8 Å². The lowest BCUT2D eigenvalue weighted by atomic mass is 10.0. The zero-order valence-corrected chi connectivity index (χ0v) is 16.9. The fraction of sp³-hybridized carbons (Fsp3) is 0.174. The van der Waals surface area contributed by atoms with Crippen LogP contribution in [0.25, 0.3) is 0 Å². The Morgan fingerprint density at radius 3 is 2.39 bits per heavy atom. The van der Waals surface area contributed by atoms with Gasteiger partial charge in [0.1, 0.15) is 0 Å². The smallest absolute Gasteiger partial charge is 0.271 e. The molecule has 0 aliphatic rings. The fourth-order valence-electron chi connectivity index (χ4n) is 3.12. The van der Waals surface area contributed by atoms with Crippen LogP contribution in [-0.4, -0.2) is 35.6 Å². The largest absolute Gasteiger partial charge is 0.395 e. The number of anilines is 3. The standard InChI is InChI=1S/C23H24N4O4/c28-13-12-24-21-11-10-19(27(30)31)15-22(21)25-16-23(29)26-20-9-5-4-8-18(20)14-17-6-2-1-3-7-17/h1-11,15,24-25,28H,12-14,16H2,(H,26,29). The summed E-state index contributed by atoms with van der Waals surface area (Å²) in [5.74, 6) is -0.278. The highest BCUT2D eigenvalue weighted by molar-refractivity contribution is 5.95. The van der Waals surface area contributed by atoms with Gasteiger partial charge in [-0.2, -0.15) is 0 Å². The molecule has 1 amide bonds. The van der Waals surface area contributed by atoms with Crippen LogP contribution in [0.3, 0.4) is 0 Å². The van der Waals surface area contributed by atoms with Gasteiger partial charge in [0.15, 0.2) is 0 Å². The second kappa shape index (κ2) is 10.7. The van der Waals surface area contributed by atoms with Gasteiger partial charge >= 0.3 is 0 Å². The van der Waals surface area contributed by atoms with Crippen molar-refractivity contribution in [1.82, 2.24) is 0 Å². The molecular formula is C23H24N4O4. The van der Waals surface area contributed by atoms with Crippen molar-refractivity contribution in [3.05, 3.63) is 94.0 Å². The van der Waals surface area contributed by atoms with Crippen LogP contribution >= 0.6 is 0 Å². The number of nitro groups is 1. The lowest BCUT2D eigenvalue weighted by molar-refractivity contribution is -0.384. The van der Waals surface area contributed by atoms with E-state index in [4.69, 9.17) is 5.11 Å². The lowest BCUT2D eigenvalue weighted by Gasteiger charge is -2.15. The summed E-state index contributed by atoms with van der Waals surface area (Å²) in [5.41, 5.74) is 3.73. The van der Waals surface area contributed by atoms with Crippen LogP contribution in [0.5, 0.6) is 0 Å². The van der Waals surface area contributed by atoms with Crippen LogP contribution in [0.1, 0.15) is 11.1 Å². The molecule has 0 fully saturated rings. The van der Waals surface area contributed by atoms with Gasteiger partial charge < -0.3 is 21.1 Å². The van der Waals surface area contributed by atoms with Crippen LogP contribution in [0, 0.1) is 10.1 Å². The minimum atomic E-state index is -0.499. The van der Waals surface area contributed by atoms with Crippen LogP contribution in [-0.2, 0) is 11.2 Å². The predicted octanol–water partition coefficient (Wildman–Crippen LogP) is 3.64. The zero-order valence-electron chi connectivity index (χ0n) is 16.9. The summed E-state index contributed by atoms with van der Waals surface area (Å²) in [6.07, 6.45) is 0.685. The van der Waals surface area contributed by atoms with Crippen molar-refractivity contribution < 1.29 is 14.8 Å². The van der Waals surface area contributed by atoms with Gasteiger partial charge in [0.25, 0.3) is 5.69 Å². The first-order valence-corrected chi connectivity index (χ1v) is 9.85. The summed E-state index contributed by atoms with van der Waals surface area (Å²) in [6, 6.07) is 21.8. The highest BCUT2D eigenvalue weighted by Crippen LogP contribution is 2.27. The summed E-state index contributed by atoms with van der Waals surface area (Å²) < 4.78 is 0. The predicted molar refractivity (Wildman–Crippen MR) is 121 cm³/mol. The molecule has 3 aromatic rings. The molecule has 3 rings (SSSR count). The van der Waals surface area contributed by atoms with Gasteiger partial charge in [-0.05, 0) is 29.7 Å².